The molecule has 2 aromatic rings. The van der Waals surface area contributed by atoms with Gasteiger partial charge in [0.15, 0.2) is 0 Å². The van der Waals surface area contributed by atoms with E-state index in [1.807, 2.05) is 18.2 Å². The number of unbranched alkanes of at least 4 members (excludes halogenated alkanes) is 3. The number of rotatable bonds is 6. The molecule has 19 heavy (non-hydrogen) atoms. The third kappa shape index (κ3) is 2.94. The second-order valence-electron chi connectivity index (χ2n) is 4.70. The predicted molar refractivity (Wildman–Crippen MR) is 76.8 cm³/mol. The van der Waals surface area contributed by atoms with E-state index in [0.717, 1.165) is 34.3 Å². The van der Waals surface area contributed by atoms with Crippen molar-refractivity contribution in [1.29, 1.82) is 0 Å². The van der Waals surface area contributed by atoms with Crippen LogP contribution in [0.2, 0.25) is 0 Å². The predicted octanol–water partition coefficient (Wildman–Crippen LogP) is 2.72. The third-order valence-corrected chi connectivity index (χ3v) is 4.31. The lowest BCUT2D eigenvalue weighted by atomic mass is 10.2. The van der Waals surface area contributed by atoms with E-state index in [-0.39, 0.29) is 5.91 Å². The van der Waals surface area contributed by atoms with Crippen molar-refractivity contribution >= 4 is 22.2 Å². The Balaban J connectivity index is 1.99. The van der Waals surface area contributed by atoms with E-state index < -0.39 is 0 Å². The van der Waals surface area contributed by atoms with Gasteiger partial charge in [-0.15, -0.1) is 10.2 Å². The minimum atomic E-state index is 0.00361. The molecule has 0 aliphatic rings. The van der Waals surface area contributed by atoms with Gasteiger partial charge < -0.3 is 5.32 Å². The summed E-state index contributed by atoms with van der Waals surface area (Å²) in [6.07, 6.45) is 4.66. The van der Waals surface area contributed by atoms with E-state index in [1.54, 1.807) is 0 Å². The third-order valence-electron chi connectivity index (χ3n) is 3.17. The molecule has 0 saturated heterocycles. The van der Waals surface area contributed by atoms with Crippen molar-refractivity contribution in [2.75, 3.05) is 6.54 Å². The second-order valence-corrected chi connectivity index (χ2v) is 5.68. The summed E-state index contributed by atoms with van der Waals surface area (Å²) in [6.45, 7) is 6.76. The average Bonchev–Trinajstić information content (AvgIpc) is 2.91. The Kier molecular flexibility index (Phi) is 4.52. The molecule has 5 nitrogen and oxygen atoms in total. The molecule has 2 aromatic heterocycles. The highest BCUT2D eigenvalue weighted by atomic mass is 32.1. The number of amides is 1. The first-order chi connectivity index (χ1) is 9.15. The quantitative estimate of drug-likeness (QED) is 0.828. The molecule has 6 heteroatoms. The number of nitrogens with zero attached hydrogens (tertiary/aromatic N) is 3. The molecule has 0 radical (unpaired) electrons. The molecule has 0 atom stereocenters. The van der Waals surface area contributed by atoms with Crippen molar-refractivity contribution in [2.45, 2.75) is 46.5 Å². The number of nitrogens with one attached hydrogen (secondary N) is 1. The monoisotopic (exact) mass is 280 g/mol. The first kappa shape index (κ1) is 14.0. The van der Waals surface area contributed by atoms with Gasteiger partial charge >= 0.3 is 0 Å². The molecule has 1 amide bonds. The molecule has 0 saturated carbocycles. The maximum absolute atomic E-state index is 12.1. The smallest absolute Gasteiger partial charge is 0.263 e. The van der Waals surface area contributed by atoms with Crippen molar-refractivity contribution in [3.8, 4) is 0 Å². The molecule has 0 unspecified atom stereocenters. The van der Waals surface area contributed by atoms with Crippen LogP contribution in [0.15, 0.2) is 0 Å². The van der Waals surface area contributed by atoms with E-state index >= 15 is 0 Å². The van der Waals surface area contributed by atoms with Gasteiger partial charge in [0.1, 0.15) is 10.7 Å². The molecule has 0 fully saturated rings. The minimum absolute atomic E-state index is 0.00361. The highest BCUT2D eigenvalue weighted by molar-refractivity contribution is 7.19. The van der Waals surface area contributed by atoms with Crippen LogP contribution in [0.5, 0.6) is 0 Å². The summed E-state index contributed by atoms with van der Waals surface area (Å²) >= 11 is 1.40. The van der Waals surface area contributed by atoms with Crippen LogP contribution in [0.1, 0.15) is 53.8 Å². The van der Waals surface area contributed by atoms with Crippen molar-refractivity contribution in [3.63, 3.8) is 0 Å². The van der Waals surface area contributed by atoms with Crippen LogP contribution in [-0.2, 0) is 0 Å². The SMILES string of the molecule is CCCCCCNC(=O)c1sc2nnc(C)n2c1C. The molecule has 0 bridgehead atoms. The number of aryl methyl sites for hydroxylation is 2. The van der Waals surface area contributed by atoms with Crippen LogP contribution < -0.4 is 5.32 Å². The topological polar surface area (TPSA) is 59.3 Å². The van der Waals surface area contributed by atoms with E-state index in [2.05, 4.69) is 22.4 Å². The Bertz CT molecular complexity index is 572. The fourth-order valence-corrected chi connectivity index (χ4v) is 3.13. The number of aromatic nitrogens is 3. The molecule has 1 N–H and O–H groups in total. The largest absolute Gasteiger partial charge is 0.351 e. The zero-order chi connectivity index (χ0) is 13.8. The molecular formula is C13H20N4OS. The molecule has 104 valence electrons. The number of thiazole rings is 1. The lowest BCUT2D eigenvalue weighted by Crippen LogP contribution is -2.24. The first-order valence-corrected chi connectivity index (χ1v) is 7.56. The van der Waals surface area contributed by atoms with Crippen LogP contribution in [-0.4, -0.2) is 27.0 Å². The van der Waals surface area contributed by atoms with Gasteiger partial charge in [0.2, 0.25) is 4.96 Å². The summed E-state index contributed by atoms with van der Waals surface area (Å²) in [4.78, 5) is 13.6. The standard InChI is InChI=1S/C13H20N4OS/c1-4-5-6-7-8-14-12(18)11-9(2)17-10(3)15-16-13(17)19-11/h4-8H2,1-3H3,(H,14,18). The van der Waals surface area contributed by atoms with Gasteiger partial charge in [-0.2, -0.15) is 0 Å². The van der Waals surface area contributed by atoms with Crippen molar-refractivity contribution < 1.29 is 4.79 Å². The van der Waals surface area contributed by atoms with Crippen LogP contribution >= 0.6 is 11.3 Å². The average molecular weight is 280 g/mol. The molecule has 0 aliphatic carbocycles. The number of carbonyl (C=O) groups is 1. The van der Waals surface area contributed by atoms with Gasteiger partial charge in [-0.05, 0) is 20.3 Å². The highest BCUT2D eigenvalue weighted by Crippen LogP contribution is 2.22. The Hall–Kier alpha value is -1.43. The van der Waals surface area contributed by atoms with Crippen molar-refractivity contribution in [1.82, 2.24) is 19.9 Å². The van der Waals surface area contributed by atoms with E-state index in [1.165, 1.54) is 30.6 Å². The highest BCUT2D eigenvalue weighted by Gasteiger charge is 2.17. The molecule has 0 aliphatic heterocycles. The number of carbonyl (C=O) groups excluding carboxylic acids is 1. The fourth-order valence-electron chi connectivity index (χ4n) is 2.11. The first-order valence-electron chi connectivity index (χ1n) is 6.74. The van der Waals surface area contributed by atoms with E-state index in [0.29, 0.717) is 0 Å². The number of hydrogen-bond acceptors (Lipinski definition) is 4. The van der Waals surface area contributed by atoms with Crippen LogP contribution in [0, 0.1) is 13.8 Å². The van der Waals surface area contributed by atoms with Gasteiger partial charge in [-0.3, -0.25) is 9.20 Å². The van der Waals surface area contributed by atoms with Crippen LogP contribution in [0.3, 0.4) is 0 Å². The van der Waals surface area contributed by atoms with Crippen molar-refractivity contribution in [2.24, 2.45) is 0 Å². The molecule has 2 heterocycles. The maximum Gasteiger partial charge on any atom is 0.263 e. The molecule has 0 aromatic carbocycles. The Morgan fingerprint density at radius 3 is 2.74 bits per heavy atom. The molecule has 0 spiro atoms. The Morgan fingerprint density at radius 2 is 2.05 bits per heavy atom. The maximum atomic E-state index is 12.1. The Labute approximate surface area is 117 Å². The zero-order valence-corrected chi connectivity index (χ0v) is 12.5. The lowest BCUT2D eigenvalue weighted by molar-refractivity contribution is 0.0956. The summed E-state index contributed by atoms with van der Waals surface area (Å²) in [7, 11) is 0. The summed E-state index contributed by atoms with van der Waals surface area (Å²) in [5.74, 6) is 0.828. The van der Waals surface area contributed by atoms with Gasteiger partial charge in [0, 0.05) is 12.2 Å². The molecular weight excluding hydrogens is 260 g/mol. The van der Waals surface area contributed by atoms with Crippen LogP contribution in [0.4, 0.5) is 0 Å². The van der Waals surface area contributed by atoms with E-state index in [4.69, 9.17) is 0 Å². The summed E-state index contributed by atoms with van der Waals surface area (Å²) in [6, 6.07) is 0. The van der Waals surface area contributed by atoms with Gasteiger partial charge in [-0.1, -0.05) is 37.5 Å². The second kappa shape index (κ2) is 6.14. The van der Waals surface area contributed by atoms with Crippen molar-refractivity contribution in [3.05, 3.63) is 16.4 Å². The van der Waals surface area contributed by atoms with Crippen LogP contribution in [0.25, 0.3) is 4.96 Å². The normalized spacial score (nSPS) is 11.1. The number of fused-ring (bicyclic) bond motifs is 1. The van der Waals surface area contributed by atoms with Gasteiger partial charge in [0.05, 0.1) is 0 Å². The summed E-state index contributed by atoms with van der Waals surface area (Å²) < 4.78 is 1.93. The summed E-state index contributed by atoms with van der Waals surface area (Å²) in [5, 5.41) is 11.0. The summed E-state index contributed by atoms with van der Waals surface area (Å²) in [5.41, 5.74) is 0.925. The fraction of sp³-hybridized carbons (Fsp3) is 0.615. The Morgan fingerprint density at radius 1 is 1.26 bits per heavy atom. The van der Waals surface area contributed by atoms with E-state index in [9.17, 15) is 4.79 Å². The zero-order valence-electron chi connectivity index (χ0n) is 11.7. The van der Waals surface area contributed by atoms with Gasteiger partial charge in [0.25, 0.3) is 5.91 Å². The van der Waals surface area contributed by atoms with Gasteiger partial charge in [-0.25, -0.2) is 0 Å². The minimum Gasteiger partial charge on any atom is -0.351 e. The molecule has 2 rings (SSSR count). The number of hydrogen-bond donors (Lipinski definition) is 1. The lowest BCUT2D eigenvalue weighted by Gasteiger charge is -2.04.